The van der Waals surface area contributed by atoms with Crippen LogP contribution in [0.4, 0.5) is 0 Å². The lowest BCUT2D eigenvalue weighted by molar-refractivity contribution is -0.138. The second-order valence-electron chi connectivity index (χ2n) is 5.22. The topological polar surface area (TPSA) is 86.3 Å². The molecule has 2 unspecified atom stereocenters. The minimum atomic E-state index is -0.772. The SMILES string of the molecule is CC(CC(=O)O)C1CCCN(C(=O)c2cn[nH]c2)C1. The van der Waals surface area contributed by atoms with E-state index in [9.17, 15) is 9.59 Å². The number of piperidine rings is 1. The van der Waals surface area contributed by atoms with Crippen LogP contribution in [-0.4, -0.2) is 45.2 Å². The highest BCUT2D eigenvalue weighted by molar-refractivity contribution is 5.93. The molecule has 2 rings (SSSR count). The number of H-pyrrole nitrogens is 1. The molecule has 0 bridgehead atoms. The smallest absolute Gasteiger partial charge is 0.303 e. The van der Waals surface area contributed by atoms with Gasteiger partial charge in [-0.3, -0.25) is 14.7 Å². The molecule has 0 aromatic carbocycles. The van der Waals surface area contributed by atoms with Gasteiger partial charge in [-0.2, -0.15) is 5.10 Å². The van der Waals surface area contributed by atoms with E-state index in [0.717, 1.165) is 19.4 Å². The highest BCUT2D eigenvalue weighted by Gasteiger charge is 2.29. The van der Waals surface area contributed by atoms with Gasteiger partial charge >= 0.3 is 5.97 Å². The van der Waals surface area contributed by atoms with E-state index >= 15 is 0 Å². The number of hydrogen-bond acceptors (Lipinski definition) is 3. The third-order valence-electron chi connectivity index (χ3n) is 3.79. The normalized spacial score (nSPS) is 21.1. The number of aromatic amines is 1. The zero-order valence-electron chi connectivity index (χ0n) is 11.0. The van der Waals surface area contributed by atoms with E-state index in [1.165, 1.54) is 6.20 Å². The number of likely N-dealkylation sites (tertiary alicyclic amines) is 1. The highest BCUT2D eigenvalue weighted by atomic mass is 16.4. The van der Waals surface area contributed by atoms with Gasteiger partial charge in [0.1, 0.15) is 0 Å². The molecule has 0 saturated carbocycles. The molecule has 0 aliphatic carbocycles. The second kappa shape index (κ2) is 5.86. The molecule has 6 heteroatoms. The van der Waals surface area contributed by atoms with Crippen molar-refractivity contribution >= 4 is 11.9 Å². The van der Waals surface area contributed by atoms with Gasteiger partial charge in [0.2, 0.25) is 0 Å². The molecule has 19 heavy (non-hydrogen) atoms. The predicted octanol–water partition coefficient (Wildman–Crippen LogP) is 1.37. The fraction of sp³-hybridized carbons (Fsp3) is 0.615. The van der Waals surface area contributed by atoms with E-state index in [0.29, 0.717) is 12.1 Å². The van der Waals surface area contributed by atoms with Gasteiger partial charge in [0.25, 0.3) is 5.91 Å². The summed E-state index contributed by atoms with van der Waals surface area (Å²) in [7, 11) is 0. The largest absolute Gasteiger partial charge is 0.481 e. The summed E-state index contributed by atoms with van der Waals surface area (Å²) in [6.07, 6.45) is 5.19. The number of rotatable bonds is 4. The van der Waals surface area contributed by atoms with Crippen LogP contribution in [0.15, 0.2) is 12.4 Å². The standard InChI is InChI=1S/C13H19N3O3/c1-9(5-12(17)18)10-3-2-4-16(8-10)13(19)11-6-14-15-7-11/h6-7,9-10H,2-5,8H2,1H3,(H,14,15)(H,17,18). The summed E-state index contributed by atoms with van der Waals surface area (Å²) in [4.78, 5) is 24.8. The molecule has 2 N–H and O–H groups in total. The summed E-state index contributed by atoms with van der Waals surface area (Å²) in [5.41, 5.74) is 0.562. The number of aliphatic carboxylic acids is 1. The molecule has 6 nitrogen and oxygen atoms in total. The number of carbonyl (C=O) groups excluding carboxylic acids is 1. The molecule has 1 aromatic rings. The van der Waals surface area contributed by atoms with Crippen LogP contribution in [0.5, 0.6) is 0 Å². The van der Waals surface area contributed by atoms with Crippen LogP contribution in [0.2, 0.25) is 0 Å². The Labute approximate surface area is 111 Å². The maximum absolute atomic E-state index is 12.2. The van der Waals surface area contributed by atoms with Crippen LogP contribution in [0.3, 0.4) is 0 Å². The van der Waals surface area contributed by atoms with Crippen molar-refractivity contribution in [3.63, 3.8) is 0 Å². The minimum Gasteiger partial charge on any atom is -0.481 e. The van der Waals surface area contributed by atoms with Gasteiger partial charge in [0, 0.05) is 25.7 Å². The van der Waals surface area contributed by atoms with Crippen molar-refractivity contribution in [1.82, 2.24) is 15.1 Å². The summed E-state index contributed by atoms with van der Waals surface area (Å²) < 4.78 is 0. The number of amides is 1. The number of carbonyl (C=O) groups is 2. The number of carboxylic acids is 1. The quantitative estimate of drug-likeness (QED) is 0.861. The number of carboxylic acid groups (broad SMARTS) is 1. The third kappa shape index (κ3) is 3.33. The van der Waals surface area contributed by atoms with Gasteiger partial charge in [-0.25, -0.2) is 0 Å². The van der Waals surface area contributed by atoms with Crippen molar-refractivity contribution in [3.05, 3.63) is 18.0 Å². The lowest BCUT2D eigenvalue weighted by atomic mass is 9.84. The molecular weight excluding hydrogens is 246 g/mol. The van der Waals surface area contributed by atoms with Crippen molar-refractivity contribution in [3.8, 4) is 0 Å². The van der Waals surface area contributed by atoms with Gasteiger partial charge in [0.05, 0.1) is 11.8 Å². The van der Waals surface area contributed by atoms with Crippen molar-refractivity contribution in [2.45, 2.75) is 26.2 Å². The Hall–Kier alpha value is -1.85. The van der Waals surface area contributed by atoms with Gasteiger partial charge in [-0.05, 0) is 24.7 Å². The molecule has 2 atom stereocenters. The van der Waals surface area contributed by atoms with E-state index in [4.69, 9.17) is 5.11 Å². The highest BCUT2D eigenvalue weighted by Crippen LogP contribution is 2.26. The number of hydrogen-bond donors (Lipinski definition) is 2. The van der Waals surface area contributed by atoms with Gasteiger partial charge in [-0.1, -0.05) is 6.92 Å². The zero-order chi connectivity index (χ0) is 13.8. The summed E-state index contributed by atoms with van der Waals surface area (Å²) in [6, 6.07) is 0. The average Bonchev–Trinajstić information content (AvgIpc) is 2.91. The first-order valence-electron chi connectivity index (χ1n) is 6.57. The monoisotopic (exact) mass is 265 g/mol. The van der Waals surface area contributed by atoms with Gasteiger partial charge in [-0.15, -0.1) is 0 Å². The first-order chi connectivity index (χ1) is 9.08. The van der Waals surface area contributed by atoms with Crippen LogP contribution in [-0.2, 0) is 4.79 Å². The average molecular weight is 265 g/mol. The molecular formula is C13H19N3O3. The van der Waals surface area contributed by atoms with Crippen molar-refractivity contribution < 1.29 is 14.7 Å². The molecule has 1 saturated heterocycles. The van der Waals surface area contributed by atoms with Crippen molar-refractivity contribution in [2.75, 3.05) is 13.1 Å². The Morgan fingerprint density at radius 3 is 3.05 bits per heavy atom. The van der Waals surface area contributed by atoms with Gasteiger partial charge < -0.3 is 10.0 Å². The van der Waals surface area contributed by atoms with Crippen LogP contribution < -0.4 is 0 Å². The molecule has 1 aliphatic rings. The Balaban J connectivity index is 1.97. The third-order valence-corrected chi connectivity index (χ3v) is 3.79. The number of aromatic nitrogens is 2. The molecule has 104 valence electrons. The Morgan fingerprint density at radius 2 is 2.42 bits per heavy atom. The molecule has 1 aromatic heterocycles. The van der Waals surface area contributed by atoms with Gasteiger partial charge in [0.15, 0.2) is 0 Å². The lowest BCUT2D eigenvalue weighted by Gasteiger charge is -2.35. The van der Waals surface area contributed by atoms with E-state index in [2.05, 4.69) is 10.2 Å². The first-order valence-corrected chi connectivity index (χ1v) is 6.57. The Kier molecular flexibility index (Phi) is 4.19. The molecule has 1 amide bonds. The maximum atomic E-state index is 12.2. The summed E-state index contributed by atoms with van der Waals surface area (Å²) >= 11 is 0. The molecule has 1 fully saturated rings. The van der Waals surface area contributed by atoms with Crippen LogP contribution in [0, 0.1) is 11.8 Å². The summed E-state index contributed by atoms with van der Waals surface area (Å²) in [6.45, 7) is 3.32. The maximum Gasteiger partial charge on any atom is 0.303 e. The Morgan fingerprint density at radius 1 is 1.63 bits per heavy atom. The van der Waals surface area contributed by atoms with E-state index in [-0.39, 0.29) is 24.2 Å². The lowest BCUT2D eigenvalue weighted by Crippen LogP contribution is -2.41. The number of nitrogens with zero attached hydrogens (tertiary/aromatic N) is 2. The zero-order valence-corrected chi connectivity index (χ0v) is 11.0. The Bertz CT molecular complexity index is 444. The molecule has 2 heterocycles. The summed E-state index contributed by atoms with van der Waals surface area (Å²) in [5.74, 6) is -0.440. The minimum absolute atomic E-state index is 0.0269. The molecule has 1 aliphatic heterocycles. The van der Waals surface area contributed by atoms with Crippen molar-refractivity contribution in [2.24, 2.45) is 11.8 Å². The second-order valence-corrected chi connectivity index (χ2v) is 5.22. The summed E-state index contributed by atoms with van der Waals surface area (Å²) in [5, 5.41) is 15.3. The van der Waals surface area contributed by atoms with E-state index < -0.39 is 5.97 Å². The van der Waals surface area contributed by atoms with Crippen molar-refractivity contribution in [1.29, 1.82) is 0 Å². The number of nitrogens with one attached hydrogen (secondary N) is 1. The van der Waals surface area contributed by atoms with E-state index in [1.54, 1.807) is 11.1 Å². The van der Waals surface area contributed by atoms with Crippen LogP contribution in [0.1, 0.15) is 36.5 Å². The van der Waals surface area contributed by atoms with E-state index in [1.807, 2.05) is 6.92 Å². The fourth-order valence-electron chi connectivity index (χ4n) is 2.65. The predicted molar refractivity (Wildman–Crippen MR) is 68.6 cm³/mol. The van der Waals surface area contributed by atoms with Crippen LogP contribution in [0.25, 0.3) is 0 Å². The molecule has 0 spiro atoms. The first kappa shape index (κ1) is 13.6. The molecule has 0 radical (unpaired) electrons. The fourth-order valence-corrected chi connectivity index (χ4v) is 2.65. The van der Waals surface area contributed by atoms with Crippen LogP contribution >= 0.6 is 0 Å².